The minimum Gasteiger partial charge on any atom is -0.378 e. The van der Waals surface area contributed by atoms with Crippen LogP contribution < -0.4 is 5.32 Å². The first-order valence-electron chi connectivity index (χ1n) is 11.2. The van der Waals surface area contributed by atoms with Crippen LogP contribution in [0.2, 0.25) is 0 Å². The molecule has 0 spiro atoms. The van der Waals surface area contributed by atoms with E-state index < -0.39 is 0 Å². The zero-order chi connectivity index (χ0) is 19.3. The Hall–Kier alpha value is -0.890. The van der Waals surface area contributed by atoms with Crippen LogP contribution in [0.1, 0.15) is 63.4 Å². The van der Waals surface area contributed by atoms with Crippen molar-refractivity contribution in [2.24, 2.45) is 10.9 Å². The van der Waals surface area contributed by atoms with Gasteiger partial charge >= 0.3 is 0 Å². The summed E-state index contributed by atoms with van der Waals surface area (Å²) in [7, 11) is 0. The molecule has 2 aliphatic carbocycles. The van der Waals surface area contributed by atoms with Gasteiger partial charge in [0.05, 0.1) is 6.10 Å². The fourth-order valence-corrected chi connectivity index (χ4v) is 4.71. The van der Waals surface area contributed by atoms with Crippen LogP contribution in [-0.4, -0.2) is 49.2 Å². The molecule has 2 atom stereocenters. The maximum Gasteiger partial charge on any atom is 0.194 e. The molecule has 0 amide bonds. The van der Waals surface area contributed by atoms with Crippen molar-refractivity contribution in [1.82, 2.24) is 10.2 Å². The van der Waals surface area contributed by atoms with E-state index in [1.807, 2.05) is 12.1 Å². The highest BCUT2D eigenvalue weighted by molar-refractivity contribution is 14.0. The van der Waals surface area contributed by atoms with E-state index in [4.69, 9.17) is 9.73 Å². The maximum atomic E-state index is 14.0. The zero-order valence-electron chi connectivity index (χ0n) is 17.5. The van der Waals surface area contributed by atoms with Gasteiger partial charge in [0.25, 0.3) is 0 Å². The second-order valence-electron chi connectivity index (χ2n) is 8.58. The highest BCUT2D eigenvalue weighted by Gasteiger charge is 2.41. The normalized spacial score (nSPS) is 25.7. The van der Waals surface area contributed by atoms with Gasteiger partial charge in [-0.1, -0.05) is 31.0 Å². The van der Waals surface area contributed by atoms with E-state index in [1.165, 1.54) is 25.7 Å². The van der Waals surface area contributed by atoms with E-state index in [0.717, 1.165) is 62.9 Å². The van der Waals surface area contributed by atoms with Crippen molar-refractivity contribution in [3.63, 3.8) is 0 Å². The third-order valence-corrected chi connectivity index (χ3v) is 6.50. The number of guanidine groups is 1. The SMILES string of the molecule is CCN=C(NC1CC1c1ccccc1F)N1CCC(OCC2CCCC2)CC1.I. The van der Waals surface area contributed by atoms with E-state index in [-0.39, 0.29) is 35.7 Å². The summed E-state index contributed by atoms with van der Waals surface area (Å²) in [6, 6.07) is 7.43. The molecule has 0 radical (unpaired) electrons. The summed E-state index contributed by atoms with van der Waals surface area (Å²) in [5, 5.41) is 3.60. The number of ether oxygens (including phenoxy) is 1. The van der Waals surface area contributed by atoms with Gasteiger partial charge in [0.15, 0.2) is 5.96 Å². The molecule has 1 saturated heterocycles. The molecular weight excluding hydrogens is 480 g/mol. The zero-order valence-corrected chi connectivity index (χ0v) is 19.8. The third-order valence-electron chi connectivity index (χ3n) is 6.50. The molecule has 0 aromatic heterocycles. The molecule has 4 rings (SSSR count). The Morgan fingerprint density at radius 2 is 1.90 bits per heavy atom. The molecule has 6 heteroatoms. The first-order chi connectivity index (χ1) is 13.7. The van der Waals surface area contributed by atoms with Crippen molar-refractivity contribution >= 4 is 29.9 Å². The average molecular weight is 515 g/mol. The summed E-state index contributed by atoms with van der Waals surface area (Å²) in [5.74, 6) is 1.95. The number of nitrogens with one attached hydrogen (secondary N) is 1. The predicted molar refractivity (Wildman–Crippen MR) is 127 cm³/mol. The topological polar surface area (TPSA) is 36.9 Å². The Kier molecular flexibility index (Phi) is 8.59. The second kappa shape index (κ2) is 10.9. The Balaban J connectivity index is 0.00000240. The van der Waals surface area contributed by atoms with Gasteiger partial charge in [-0.3, -0.25) is 4.99 Å². The standard InChI is InChI=1S/C23H34FN3O.HI/c1-2-25-23(26-22-15-20(22)19-9-5-6-10-21(19)24)27-13-11-18(12-14-27)28-16-17-7-3-4-8-17;/h5-6,9-10,17-18,20,22H,2-4,7-8,11-16H2,1H3,(H,25,26);1H. The fraction of sp³-hybridized carbons (Fsp3) is 0.696. The third kappa shape index (κ3) is 6.06. The molecule has 1 heterocycles. The molecule has 2 unspecified atom stereocenters. The summed E-state index contributed by atoms with van der Waals surface area (Å²) in [6.45, 7) is 5.75. The quantitative estimate of drug-likeness (QED) is 0.332. The van der Waals surface area contributed by atoms with E-state index >= 15 is 0 Å². The van der Waals surface area contributed by atoms with Gasteiger partial charge in [-0.15, -0.1) is 24.0 Å². The van der Waals surface area contributed by atoms with Crippen LogP contribution in [0.25, 0.3) is 0 Å². The molecule has 1 aromatic carbocycles. The number of rotatable bonds is 6. The van der Waals surface area contributed by atoms with Crippen LogP contribution in [0.15, 0.2) is 29.3 Å². The number of likely N-dealkylation sites (tertiary alicyclic amines) is 1. The van der Waals surface area contributed by atoms with Gasteiger partial charge in [-0.05, 0) is 56.6 Å². The molecule has 3 fully saturated rings. The molecule has 162 valence electrons. The summed E-state index contributed by atoms with van der Waals surface area (Å²) in [6.07, 6.45) is 8.96. The number of nitrogens with zero attached hydrogens (tertiary/aromatic N) is 2. The van der Waals surface area contributed by atoms with Gasteiger partial charge < -0.3 is 15.0 Å². The smallest absolute Gasteiger partial charge is 0.194 e. The van der Waals surface area contributed by atoms with Crippen molar-refractivity contribution < 1.29 is 9.13 Å². The first kappa shape index (κ1) is 22.8. The number of piperidine rings is 1. The highest BCUT2D eigenvalue weighted by Crippen LogP contribution is 2.42. The van der Waals surface area contributed by atoms with Crippen molar-refractivity contribution in [3.05, 3.63) is 35.6 Å². The van der Waals surface area contributed by atoms with Gasteiger partial charge in [-0.25, -0.2) is 4.39 Å². The van der Waals surface area contributed by atoms with E-state index in [0.29, 0.717) is 12.1 Å². The van der Waals surface area contributed by atoms with E-state index in [2.05, 4.69) is 17.1 Å². The molecule has 3 aliphatic rings. The molecule has 0 bridgehead atoms. The van der Waals surface area contributed by atoms with Crippen molar-refractivity contribution in [3.8, 4) is 0 Å². The number of benzene rings is 1. The summed E-state index contributed by atoms with van der Waals surface area (Å²) in [4.78, 5) is 7.07. The molecule has 4 nitrogen and oxygen atoms in total. The largest absolute Gasteiger partial charge is 0.378 e. The predicted octanol–water partition coefficient (Wildman–Crippen LogP) is 4.94. The molecule has 1 aromatic rings. The maximum absolute atomic E-state index is 14.0. The van der Waals surface area contributed by atoms with Crippen molar-refractivity contribution in [2.45, 2.75) is 69.9 Å². The lowest BCUT2D eigenvalue weighted by atomic mass is 10.1. The monoisotopic (exact) mass is 515 g/mol. The summed E-state index contributed by atoms with van der Waals surface area (Å²) >= 11 is 0. The summed E-state index contributed by atoms with van der Waals surface area (Å²) < 4.78 is 20.2. The number of hydrogen-bond acceptors (Lipinski definition) is 2. The summed E-state index contributed by atoms with van der Waals surface area (Å²) in [5.41, 5.74) is 0.829. The van der Waals surface area contributed by atoms with Gasteiger partial charge in [0, 0.05) is 38.2 Å². The van der Waals surface area contributed by atoms with Crippen LogP contribution in [-0.2, 0) is 4.74 Å². The lowest BCUT2D eigenvalue weighted by Crippen LogP contribution is -2.48. The van der Waals surface area contributed by atoms with Crippen molar-refractivity contribution in [2.75, 3.05) is 26.2 Å². The molecule has 1 N–H and O–H groups in total. The Morgan fingerprint density at radius 3 is 2.59 bits per heavy atom. The number of hydrogen-bond donors (Lipinski definition) is 1. The minimum absolute atomic E-state index is 0. The lowest BCUT2D eigenvalue weighted by molar-refractivity contribution is 0.000992. The molecule has 2 saturated carbocycles. The number of aliphatic imine (C=N–C) groups is 1. The van der Waals surface area contributed by atoms with Gasteiger partial charge in [0.1, 0.15) is 5.82 Å². The lowest BCUT2D eigenvalue weighted by Gasteiger charge is -2.34. The molecule has 1 aliphatic heterocycles. The van der Waals surface area contributed by atoms with E-state index in [1.54, 1.807) is 12.1 Å². The Labute approximate surface area is 191 Å². The van der Waals surface area contributed by atoms with Crippen LogP contribution in [0.3, 0.4) is 0 Å². The second-order valence-corrected chi connectivity index (χ2v) is 8.58. The Morgan fingerprint density at radius 1 is 1.17 bits per heavy atom. The van der Waals surface area contributed by atoms with Crippen LogP contribution >= 0.6 is 24.0 Å². The van der Waals surface area contributed by atoms with E-state index in [9.17, 15) is 4.39 Å². The van der Waals surface area contributed by atoms with Gasteiger partial charge in [-0.2, -0.15) is 0 Å². The molecule has 29 heavy (non-hydrogen) atoms. The highest BCUT2D eigenvalue weighted by atomic mass is 127. The number of halogens is 2. The minimum atomic E-state index is -0.0917. The van der Waals surface area contributed by atoms with Crippen LogP contribution in [0, 0.1) is 11.7 Å². The molecular formula is C23H35FIN3O. The van der Waals surface area contributed by atoms with Crippen LogP contribution in [0.5, 0.6) is 0 Å². The Bertz CT molecular complexity index is 672. The average Bonchev–Trinajstić information content (AvgIpc) is 3.27. The van der Waals surface area contributed by atoms with Crippen LogP contribution in [0.4, 0.5) is 4.39 Å². The fourth-order valence-electron chi connectivity index (χ4n) is 4.71. The van der Waals surface area contributed by atoms with Crippen molar-refractivity contribution in [1.29, 1.82) is 0 Å². The first-order valence-corrected chi connectivity index (χ1v) is 11.2. The van der Waals surface area contributed by atoms with Gasteiger partial charge in [0.2, 0.25) is 0 Å².